The van der Waals surface area contributed by atoms with Gasteiger partial charge in [0.15, 0.2) is 11.5 Å². The maximum atomic E-state index is 14.9. The highest BCUT2D eigenvalue weighted by atomic mass is 19.1. The summed E-state index contributed by atoms with van der Waals surface area (Å²) in [6.45, 7) is 2.72. The van der Waals surface area contributed by atoms with Gasteiger partial charge in [0.2, 0.25) is 0 Å². The molecular formula is C32H31FN8. The number of imidazole rings is 1. The number of aromatic nitrogens is 6. The van der Waals surface area contributed by atoms with Gasteiger partial charge in [0.05, 0.1) is 16.4 Å². The summed E-state index contributed by atoms with van der Waals surface area (Å²) in [4.78, 5) is 21.9. The fraction of sp³-hybridized carbons (Fsp3) is 0.250. The number of H-pyrrole nitrogens is 2. The highest BCUT2D eigenvalue weighted by Crippen LogP contribution is 2.35. The van der Waals surface area contributed by atoms with Gasteiger partial charge in [0.1, 0.15) is 11.5 Å². The fourth-order valence-electron chi connectivity index (χ4n) is 5.78. The van der Waals surface area contributed by atoms with E-state index >= 15 is 0 Å². The lowest BCUT2D eigenvalue weighted by Crippen LogP contribution is -2.29. The number of fused-ring (bicyclic) bond motifs is 2. The molecule has 0 saturated carbocycles. The highest BCUT2D eigenvalue weighted by Gasteiger charge is 2.18. The summed E-state index contributed by atoms with van der Waals surface area (Å²) in [7, 11) is 4.08. The van der Waals surface area contributed by atoms with E-state index in [1.165, 1.54) is 6.42 Å². The zero-order valence-electron chi connectivity index (χ0n) is 23.2. The van der Waals surface area contributed by atoms with Gasteiger partial charge < -0.3 is 14.8 Å². The molecule has 0 atom stereocenters. The first kappa shape index (κ1) is 25.3. The average molecular weight is 547 g/mol. The molecule has 1 aliphatic rings. The van der Waals surface area contributed by atoms with Crippen LogP contribution in [0.3, 0.4) is 0 Å². The summed E-state index contributed by atoms with van der Waals surface area (Å²) < 4.78 is 14.9. The van der Waals surface area contributed by atoms with Crippen LogP contribution < -0.4 is 4.90 Å². The molecule has 7 rings (SSSR count). The molecule has 0 spiro atoms. The Kier molecular flexibility index (Phi) is 6.43. The second-order valence-electron chi connectivity index (χ2n) is 11.0. The van der Waals surface area contributed by atoms with Gasteiger partial charge in [-0.1, -0.05) is 12.1 Å². The Morgan fingerprint density at radius 1 is 0.927 bits per heavy atom. The summed E-state index contributed by atoms with van der Waals surface area (Å²) in [5.74, 6) is 0.416. The third-order valence-electron chi connectivity index (χ3n) is 7.70. The molecular weight excluding hydrogens is 515 g/mol. The normalized spacial score (nSPS) is 14.0. The molecule has 1 saturated heterocycles. The van der Waals surface area contributed by atoms with Crippen molar-refractivity contribution in [3.63, 3.8) is 0 Å². The molecule has 1 aliphatic heterocycles. The Hall–Kier alpha value is -4.63. The summed E-state index contributed by atoms with van der Waals surface area (Å²) in [5.41, 5.74) is 8.72. The van der Waals surface area contributed by atoms with Crippen LogP contribution in [0.2, 0.25) is 0 Å². The smallest absolute Gasteiger partial charge is 0.181 e. The van der Waals surface area contributed by atoms with Gasteiger partial charge in [-0.05, 0) is 80.9 Å². The minimum absolute atomic E-state index is 0.238. The van der Waals surface area contributed by atoms with Crippen LogP contribution in [0, 0.1) is 5.82 Å². The number of rotatable bonds is 6. The Morgan fingerprint density at radius 3 is 2.63 bits per heavy atom. The zero-order chi connectivity index (χ0) is 27.9. The molecule has 2 N–H and O–H groups in total. The quantitative estimate of drug-likeness (QED) is 0.251. The third kappa shape index (κ3) is 4.93. The van der Waals surface area contributed by atoms with E-state index in [9.17, 15) is 4.39 Å². The third-order valence-corrected chi connectivity index (χ3v) is 7.70. The lowest BCUT2D eigenvalue weighted by molar-refractivity contribution is 0.402. The van der Waals surface area contributed by atoms with Crippen molar-refractivity contribution >= 4 is 27.8 Å². The number of nitrogens with one attached hydrogen (secondary N) is 2. The molecule has 8 nitrogen and oxygen atoms in total. The first-order valence-electron chi connectivity index (χ1n) is 14.0. The molecule has 0 amide bonds. The SMILES string of the molecule is CN(C)Cc1cncc(-c2cnc3n[nH]c(-c4nc5c(-c6cc(F)cc(N7CCCCC7)c6)cccc5[nH]4)c3c2)c1. The molecule has 9 heteroatoms. The summed E-state index contributed by atoms with van der Waals surface area (Å²) in [5, 5.41) is 8.43. The second-order valence-corrected chi connectivity index (χ2v) is 11.0. The maximum absolute atomic E-state index is 14.9. The van der Waals surface area contributed by atoms with Crippen LogP contribution in [0.15, 0.2) is 67.1 Å². The molecule has 2 aromatic carbocycles. The van der Waals surface area contributed by atoms with Crippen molar-refractivity contribution in [2.24, 2.45) is 0 Å². The van der Waals surface area contributed by atoms with E-state index < -0.39 is 0 Å². The molecule has 0 aliphatic carbocycles. The van der Waals surface area contributed by atoms with E-state index in [2.05, 4.69) is 53.1 Å². The number of benzene rings is 2. The minimum Gasteiger partial charge on any atom is -0.371 e. The van der Waals surface area contributed by atoms with Gasteiger partial charge in [-0.25, -0.2) is 14.4 Å². The second kappa shape index (κ2) is 10.4. The van der Waals surface area contributed by atoms with Crippen LogP contribution in [0.5, 0.6) is 0 Å². The summed E-state index contributed by atoms with van der Waals surface area (Å²) in [6, 6.07) is 15.5. The fourth-order valence-corrected chi connectivity index (χ4v) is 5.78. The van der Waals surface area contributed by atoms with Crippen molar-refractivity contribution in [2.45, 2.75) is 25.8 Å². The monoisotopic (exact) mass is 546 g/mol. The molecule has 4 aromatic heterocycles. The predicted octanol–water partition coefficient (Wildman–Crippen LogP) is 6.42. The number of hydrogen-bond acceptors (Lipinski definition) is 6. The van der Waals surface area contributed by atoms with Crippen LogP contribution in [0.1, 0.15) is 24.8 Å². The standard InChI is InChI=1S/C32H31FN8/c1-40(2)19-20-11-22(17-34-16-20)23-14-27-30(38-39-31(27)35-18-23)32-36-28-8-6-7-26(29(28)37-32)21-12-24(33)15-25(13-21)41-9-4-3-5-10-41/h6-8,11-18H,3-5,9-10,19H2,1-2H3,(H,36,37)(H,35,38,39). The maximum Gasteiger partial charge on any atom is 0.181 e. The van der Waals surface area contributed by atoms with Crippen LogP contribution in [-0.2, 0) is 6.54 Å². The number of piperidine rings is 1. The summed E-state index contributed by atoms with van der Waals surface area (Å²) >= 11 is 0. The van der Waals surface area contributed by atoms with E-state index in [4.69, 9.17) is 4.98 Å². The number of para-hydroxylation sites is 1. The number of anilines is 1. The molecule has 5 heterocycles. The minimum atomic E-state index is -0.238. The zero-order valence-corrected chi connectivity index (χ0v) is 23.2. The Labute approximate surface area is 237 Å². The molecule has 41 heavy (non-hydrogen) atoms. The van der Waals surface area contributed by atoms with Crippen molar-refractivity contribution in [1.82, 2.24) is 35.0 Å². The largest absolute Gasteiger partial charge is 0.371 e. The lowest BCUT2D eigenvalue weighted by atomic mass is 10.0. The van der Waals surface area contributed by atoms with Crippen molar-refractivity contribution < 1.29 is 4.39 Å². The van der Waals surface area contributed by atoms with E-state index in [1.54, 1.807) is 12.1 Å². The Balaban J connectivity index is 1.29. The van der Waals surface area contributed by atoms with Crippen molar-refractivity contribution in [3.05, 3.63) is 78.5 Å². The van der Waals surface area contributed by atoms with Gasteiger partial charge in [0.25, 0.3) is 0 Å². The van der Waals surface area contributed by atoms with Gasteiger partial charge >= 0.3 is 0 Å². The number of aromatic amines is 2. The van der Waals surface area contributed by atoms with Crippen LogP contribution in [0.4, 0.5) is 10.1 Å². The molecule has 0 unspecified atom stereocenters. The van der Waals surface area contributed by atoms with Crippen LogP contribution >= 0.6 is 0 Å². The van der Waals surface area contributed by atoms with E-state index in [-0.39, 0.29) is 5.82 Å². The molecule has 0 radical (unpaired) electrons. The Morgan fingerprint density at radius 2 is 1.78 bits per heavy atom. The van der Waals surface area contributed by atoms with E-state index in [1.807, 2.05) is 50.9 Å². The van der Waals surface area contributed by atoms with Crippen molar-refractivity contribution in [2.75, 3.05) is 32.1 Å². The van der Waals surface area contributed by atoms with Gasteiger partial charge in [0, 0.05) is 60.6 Å². The number of halogens is 1. The van der Waals surface area contributed by atoms with Crippen molar-refractivity contribution in [1.29, 1.82) is 0 Å². The molecule has 0 bridgehead atoms. The van der Waals surface area contributed by atoms with Gasteiger partial charge in [-0.15, -0.1) is 0 Å². The predicted molar refractivity (Wildman–Crippen MR) is 161 cm³/mol. The van der Waals surface area contributed by atoms with Gasteiger partial charge in [-0.3, -0.25) is 10.1 Å². The van der Waals surface area contributed by atoms with Crippen molar-refractivity contribution in [3.8, 4) is 33.8 Å². The molecule has 1 fully saturated rings. The number of nitrogens with zero attached hydrogens (tertiary/aromatic N) is 6. The number of pyridine rings is 2. The highest BCUT2D eigenvalue weighted by molar-refractivity contribution is 5.97. The Bertz CT molecular complexity index is 1870. The summed E-state index contributed by atoms with van der Waals surface area (Å²) in [6.07, 6.45) is 9.07. The van der Waals surface area contributed by atoms with E-state index in [0.717, 1.165) is 88.1 Å². The van der Waals surface area contributed by atoms with Crippen LogP contribution in [-0.4, -0.2) is 62.2 Å². The lowest BCUT2D eigenvalue weighted by Gasteiger charge is -2.29. The topological polar surface area (TPSA) is 89.6 Å². The van der Waals surface area contributed by atoms with E-state index in [0.29, 0.717) is 11.5 Å². The molecule has 6 aromatic rings. The first-order chi connectivity index (χ1) is 20.0. The number of hydrogen-bond donors (Lipinski definition) is 2. The van der Waals surface area contributed by atoms with Crippen LogP contribution in [0.25, 0.3) is 55.8 Å². The van der Waals surface area contributed by atoms with Gasteiger partial charge in [-0.2, -0.15) is 5.10 Å². The molecule has 206 valence electrons. The first-order valence-corrected chi connectivity index (χ1v) is 14.0. The average Bonchev–Trinajstić information content (AvgIpc) is 3.61.